The minimum absolute atomic E-state index is 0.0280. The number of benzene rings is 1. The van der Waals surface area contributed by atoms with Crippen molar-refractivity contribution in [2.24, 2.45) is 17.8 Å². The molecule has 4 heterocycles. The summed E-state index contributed by atoms with van der Waals surface area (Å²) >= 11 is 0. The van der Waals surface area contributed by atoms with E-state index >= 15 is 0 Å². The lowest BCUT2D eigenvalue weighted by Gasteiger charge is -2.61. The number of ether oxygens (including phenoxy) is 6. The molecule has 3 bridgehead atoms. The van der Waals surface area contributed by atoms with E-state index in [9.17, 15) is 24.9 Å². The summed E-state index contributed by atoms with van der Waals surface area (Å²) in [4.78, 5) is 27.5. The van der Waals surface area contributed by atoms with Crippen molar-refractivity contribution < 1.29 is 53.3 Å². The maximum Gasteiger partial charge on any atom is 0.331 e. The minimum Gasteiger partial charge on any atom is -0.455 e. The summed E-state index contributed by atoms with van der Waals surface area (Å²) in [6.45, 7) is 10.9. The summed E-state index contributed by atoms with van der Waals surface area (Å²) in [7, 11) is 0. The Morgan fingerprint density at radius 2 is 1.88 bits per heavy atom. The Morgan fingerprint density at radius 1 is 1.12 bits per heavy atom. The molecule has 14 atom stereocenters. The highest BCUT2D eigenvalue weighted by Crippen LogP contribution is 2.74. The van der Waals surface area contributed by atoms with Crippen molar-refractivity contribution in [3.63, 3.8) is 0 Å². The number of esters is 1. The van der Waals surface area contributed by atoms with Crippen LogP contribution < -0.4 is 0 Å². The number of Topliss-reactive ketones (excluding diaryl/α,β-unsaturated/α-hetero) is 1. The number of carbonyl (C=O) groups is 2. The van der Waals surface area contributed by atoms with Gasteiger partial charge in [-0.15, -0.1) is 0 Å². The molecule has 0 radical (unpaired) electrons. The molecule has 256 valence electrons. The number of hydrogen-bond donors (Lipinski definition) is 3. The van der Waals surface area contributed by atoms with Crippen LogP contribution in [0.5, 0.6) is 0 Å². The van der Waals surface area contributed by atoms with E-state index in [1.807, 2.05) is 19.1 Å². The van der Waals surface area contributed by atoms with Gasteiger partial charge in [0, 0.05) is 29.4 Å². The molecule has 1 aromatic carbocycles. The zero-order chi connectivity index (χ0) is 34.0. The number of epoxide rings is 2. The first-order valence-corrected chi connectivity index (χ1v) is 16.8. The van der Waals surface area contributed by atoms with Gasteiger partial charge in [-0.05, 0) is 31.4 Å². The van der Waals surface area contributed by atoms with Gasteiger partial charge in [0.15, 0.2) is 17.0 Å². The summed E-state index contributed by atoms with van der Waals surface area (Å²) in [6, 6.07) is 9.01. The summed E-state index contributed by atoms with van der Waals surface area (Å²) in [6.07, 6.45) is 5.67. The number of aliphatic hydroxyl groups excluding tert-OH is 2. The smallest absolute Gasteiger partial charge is 0.331 e. The quantitative estimate of drug-likeness (QED) is 0.117. The van der Waals surface area contributed by atoms with Crippen molar-refractivity contribution in [2.75, 3.05) is 6.61 Å². The second kappa shape index (κ2) is 10.5. The number of rotatable bonds is 9. The first-order valence-electron chi connectivity index (χ1n) is 16.8. The van der Waals surface area contributed by atoms with Crippen molar-refractivity contribution in [2.45, 2.75) is 106 Å². The molecular formula is C37H42O11. The number of fused-ring (bicyclic) bond motifs is 3. The van der Waals surface area contributed by atoms with Crippen LogP contribution >= 0.6 is 0 Å². The molecule has 6 fully saturated rings. The summed E-state index contributed by atoms with van der Waals surface area (Å²) in [5.41, 5.74) is -5.93. The number of ketones is 1. The molecule has 3 aliphatic carbocycles. The van der Waals surface area contributed by atoms with Gasteiger partial charge in [-0.2, -0.15) is 0 Å². The standard InChI is InChI=1S/C37H42O11/c1-6-12-23-24(43-23)15-10-11-16-26(39)44-29-21(5)36-25-17-20(4)28(40)34(25,42)32(41)33(18-38)30(45-33)27(36)31-35(29,19(2)3)47-37(46-31,48-36)22-13-8-7-9-14-22/h7-11,13-17,21,23-25,27,29-32,38,41-42H,2,6,12,18H2,1,3-5H3/b15-10+,16-11+/t21-,23-,24-,25-,27+,29-,30+,31-,32-,33+,34-,35+,36+,37?/m1/s1. The molecule has 1 aromatic rings. The van der Waals surface area contributed by atoms with Crippen molar-refractivity contribution in [3.8, 4) is 0 Å². The molecule has 11 nitrogen and oxygen atoms in total. The van der Waals surface area contributed by atoms with E-state index < -0.39 is 88.9 Å². The van der Waals surface area contributed by atoms with Crippen LogP contribution in [0.25, 0.3) is 0 Å². The van der Waals surface area contributed by atoms with E-state index in [-0.39, 0.29) is 17.8 Å². The molecule has 4 aliphatic heterocycles. The molecule has 0 aromatic heterocycles. The lowest BCUT2D eigenvalue weighted by molar-refractivity contribution is -0.440. The third kappa shape index (κ3) is 3.87. The summed E-state index contributed by atoms with van der Waals surface area (Å²) in [5.74, 6) is -5.95. The van der Waals surface area contributed by atoms with Gasteiger partial charge in [0.2, 0.25) is 0 Å². The highest BCUT2D eigenvalue weighted by Gasteiger charge is 2.90. The maximum absolute atomic E-state index is 13.9. The Balaban J connectivity index is 1.26. The van der Waals surface area contributed by atoms with E-state index in [0.29, 0.717) is 11.1 Å². The molecule has 7 aliphatic rings. The summed E-state index contributed by atoms with van der Waals surface area (Å²) < 4.78 is 39.0. The fraction of sp³-hybridized carbons (Fsp3) is 0.568. The van der Waals surface area contributed by atoms with Crippen LogP contribution in [-0.4, -0.2) is 92.7 Å². The second-order valence-corrected chi connectivity index (χ2v) is 14.5. The highest BCUT2D eigenvalue weighted by molar-refractivity contribution is 6.05. The van der Waals surface area contributed by atoms with Gasteiger partial charge in [-0.25, -0.2) is 4.79 Å². The van der Waals surface area contributed by atoms with Gasteiger partial charge < -0.3 is 43.7 Å². The van der Waals surface area contributed by atoms with Crippen molar-refractivity contribution in [1.82, 2.24) is 0 Å². The Kier molecular flexibility index (Phi) is 7.05. The average molecular weight is 663 g/mol. The Bertz CT molecular complexity index is 1650. The average Bonchev–Trinajstić information content (AvgIpc) is 3.97. The van der Waals surface area contributed by atoms with Crippen LogP contribution in [-0.2, 0) is 44.0 Å². The van der Waals surface area contributed by atoms with E-state index in [0.717, 1.165) is 12.8 Å². The second-order valence-electron chi connectivity index (χ2n) is 14.5. The van der Waals surface area contributed by atoms with Crippen LogP contribution in [0.15, 0.2) is 78.4 Å². The lowest BCUT2D eigenvalue weighted by atomic mass is 9.53. The predicted molar refractivity (Wildman–Crippen MR) is 168 cm³/mol. The van der Waals surface area contributed by atoms with Crippen LogP contribution in [0.3, 0.4) is 0 Å². The van der Waals surface area contributed by atoms with Gasteiger partial charge in [0.25, 0.3) is 0 Å². The van der Waals surface area contributed by atoms with Gasteiger partial charge in [0.1, 0.15) is 36.1 Å². The third-order valence-electron chi connectivity index (χ3n) is 12.0. The van der Waals surface area contributed by atoms with Crippen LogP contribution in [0, 0.1) is 17.8 Å². The molecule has 3 N–H and O–H groups in total. The lowest BCUT2D eigenvalue weighted by Crippen LogP contribution is -2.76. The van der Waals surface area contributed by atoms with Crippen LogP contribution in [0.1, 0.15) is 46.1 Å². The Labute approximate surface area is 278 Å². The van der Waals surface area contributed by atoms with Gasteiger partial charge in [0.05, 0.1) is 18.3 Å². The highest BCUT2D eigenvalue weighted by atomic mass is 16.9. The van der Waals surface area contributed by atoms with E-state index in [4.69, 9.17) is 28.4 Å². The monoisotopic (exact) mass is 662 g/mol. The van der Waals surface area contributed by atoms with E-state index in [2.05, 4.69) is 13.5 Å². The molecule has 48 heavy (non-hydrogen) atoms. The zero-order valence-electron chi connectivity index (χ0n) is 27.4. The van der Waals surface area contributed by atoms with Crippen LogP contribution in [0.2, 0.25) is 0 Å². The predicted octanol–water partition coefficient (Wildman–Crippen LogP) is 2.53. The molecule has 0 spiro atoms. The van der Waals surface area contributed by atoms with Gasteiger partial charge >= 0.3 is 11.9 Å². The normalized spacial score (nSPS) is 49.4. The molecular weight excluding hydrogens is 620 g/mol. The molecule has 4 saturated heterocycles. The zero-order valence-corrected chi connectivity index (χ0v) is 27.4. The van der Waals surface area contributed by atoms with Crippen LogP contribution in [0.4, 0.5) is 0 Å². The van der Waals surface area contributed by atoms with Crippen molar-refractivity contribution in [3.05, 3.63) is 84.0 Å². The van der Waals surface area contributed by atoms with Gasteiger partial charge in [-0.3, -0.25) is 4.79 Å². The topological polar surface area (TPSA) is 157 Å². The number of hydrogen-bond acceptors (Lipinski definition) is 11. The fourth-order valence-electron chi connectivity index (χ4n) is 9.62. The Hall–Kier alpha value is -3.00. The minimum atomic E-state index is -2.43. The maximum atomic E-state index is 13.9. The first-order chi connectivity index (χ1) is 22.9. The molecule has 2 saturated carbocycles. The third-order valence-corrected chi connectivity index (χ3v) is 12.0. The van der Waals surface area contributed by atoms with Gasteiger partial charge in [-0.1, -0.05) is 81.5 Å². The molecule has 0 amide bonds. The van der Waals surface area contributed by atoms with E-state index in [1.54, 1.807) is 56.3 Å². The number of carbonyl (C=O) groups excluding carboxylic acids is 2. The fourth-order valence-corrected chi connectivity index (χ4v) is 9.62. The molecule has 11 heteroatoms. The summed E-state index contributed by atoms with van der Waals surface area (Å²) in [5, 5.41) is 34.9. The van der Waals surface area contributed by atoms with Crippen molar-refractivity contribution >= 4 is 11.8 Å². The largest absolute Gasteiger partial charge is 0.455 e. The number of aliphatic hydroxyl groups is 3. The molecule has 1 unspecified atom stereocenters. The number of allylic oxidation sites excluding steroid dienone is 2. The molecule has 8 rings (SSSR count). The van der Waals surface area contributed by atoms with Crippen molar-refractivity contribution in [1.29, 1.82) is 0 Å². The Morgan fingerprint density at radius 3 is 2.56 bits per heavy atom. The van der Waals surface area contributed by atoms with E-state index in [1.165, 1.54) is 6.08 Å². The first kappa shape index (κ1) is 32.2. The SMILES string of the molecule is C=C(C)[C@@]12OC3(c4ccccc4)O[C@@H]1[C@@H]1[C@@H]4O[C@]4(CO)[C@@H](O)[C@]4(O)C(=O)C(C)=C[C@H]4[C@@]1(O3)[C@H](C)[C@H]2OC(=O)/C=C/C=C/[C@H]1O[C@@H]1CCC.